The van der Waals surface area contributed by atoms with Crippen molar-refractivity contribution in [2.75, 3.05) is 0 Å². The van der Waals surface area contributed by atoms with Crippen LogP contribution in [0.25, 0.3) is 0 Å². The van der Waals surface area contributed by atoms with Crippen LogP contribution in [0.1, 0.15) is 36.4 Å². The molecular formula is C12H17ClN4O. The van der Waals surface area contributed by atoms with E-state index in [1.54, 1.807) is 21.8 Å². The van der Waals surface area contributed by atoms with E-state index < -0.39 is 6.10 Å². The molecule has 98 valence electrons. The van der Waals surface area contributed by atoms with Gasteiger partial charge in [-0.15, -0.1) is 0 Å². The molecule has 2 aromatic rings. The molecular weight excluding hydrogens is 252 g/mol. The average Bonchev–Trinajstić information content (AvgIpc) is 2.82. The van der Waals surface area contributed by atoms with Gasteiger partial charge in [-0.1, -0.05) is 18.5 Å². The van der Waals surface area contributed by atoms with Gasteiger partial charge in [-0.05, 0) is 13.3 Å². The van der Waals surface area contributed by atoms with Crippen LogP contribution in [0.4, 0.5) is 0 Å². The fourth-order valence-electron chi connectivity index (χ4n) is 2.07. The van der Waals surface area contributed by atoms with Crippen molar-refractivity contribution in [3.63, 3.8) is 0 Å². The molecule has 6 heteroatoms. The van der Waals surface area contributed by atoms with Crippen LogP contribution in [0.2, 0.25) is 5.02 Å². The molecule has 1 unspecified atom stereocenters. The van der Waals surface area contributed by atoms with E-state index in [9.17, 15) is 5.11 Å². The highest BCUT2D eigenvalue weighted by Crippen LogP contribution is 2.29. The Bertz CT molecular complexity index is 546. The quantitative estimate of drug-likeness (QED) is 0.924. The third-order valence-corrected chi connectivity index (χ3v) is 3.16. The average molecular weight is 269 g/mol. The third-order valence-electron chi connectivity index (χ3n) is 2.87. The number of aliphatic hydroxyl groups excluding tert-OH is 1. The van der Waals surface area contributed by atoms with Crippen molar-refractivity contribution in [2.45, 2.75) is 32.9 Å². The minimum absolute atomic E-state index is 0.485. The van der Waals surface area contributed by atoms with Gasteiger partial charge in [-0.3, -0.25) is 9.36 Å². The van der Waals surface area contributed by atoms with Gasteiger partial charge in [-0.25, -0.2) is 0 Å². The van der Waals surface area contributed by atoms with Crippen molar-refractivity contribution in [3.05, 3.63) is 34.4 Å². The molecule has 2 aromatic heterocycles. The van der Waals surface area contributed by atoms with E-state index in [0.29, 0.717) is 10.7 Å². The molecule has 18 heavy (non-hydrogen) atoms. The Kier molecular flexibility index (Phi) is 3.73. The summed E-state index contributed by atoms with van der Waals surface area (Å²) in [5, 5.41) is 19.4. The zero-order valence-corrected chi connectivity index (χ0v) is 11.5. The van der Waals surface area contributed by atoms with Crippen molar-refractivity contribution in [3.8, 4) is 0 Å². The molecule has 0 aliphatic heterocycles. The van der Waals surface area contributed by atoms with E-state index in [0.717, 1.165) is 24.2 Å². The molecule has 0 aliphatic rings. The van der Waals surface area contributed by atoms with Crippen LogP contribution >= 0.6 is 11.6 Å². The first-order valence-corrected chi connectivity index (χ1v) is 6.31. The number of aryl methyl sites for hydroxylation is 3. The topological polar surface area (TPSA) is 55.9 Å². The highest BCUT2D eigenvalue weighted by molar-refractivity contribution is 6.31. The minimum Gasteiger partial charge on any atom is -0.382 e. The Labute approximate surface area is 111 Å². The third kappa shape index (κ3) is 2.28. The largest absolute Gasteiger partial charge is 0.382 e. The maximum atomic E-state index is 10.5. The lowest BCUT2D eigenvalue weighted by molar-refractivity contribution is 0.206. The fraction of sp³-hybridized carbons (Fsp3) is 0.500. The van der Waals surface area contributed by atoms with Gasteiger partial charge in [0.05, 0.1) is 22.6 Å². The number of rotatable bonds is 4. The van der Waals surface area contributed by atoms with Gasteiger partial charge in [0.2, 0.25) is 0 Å². The Morgan fingerprint density at radius 2 is 2.22 bits per heavy atom. The zero-order valence-electron chi connectivity index (χ0n) is 10.8. The van der Waals surface area contributed by atoms with Crippen molar-refractivity contribution >= 4 is 11.6 Å². The molecule has 0 bridgehead atoms. The Hall–Kier alpha value is -1.33. The first-order valence-electron chi connectivity index (χ1n) is 5.94. The molecule has 2 rings (SSSR count). The second-order valence-electron chi connectivity index (χ2n) is 4.35. The normalized spacial score (nSPS) is 12.9. The summed E-state index contributed by atoms with van der Waals surface area (Å²) in [4.78, 5) is 0. The van der Waals surface area contributed by atoms with Crippen LogP contribution in [0.15, 0.2) is 12.4 Å². The predicted octanol–water partition coefficient (Wildman–Crippen LogP) is 2.07. The lowest BCUT2D eigenvalue weighted by Crippen LogP contribution is -2.11. The molecule has 5 nitrogen and oxygen atoms in total. The second-order valence-corrected chi connectivity index (χ2v) is 4.75. The van der Waals surface area contributed by atoms with Gasteiger partial charge in [0.15, 0.2) is 0 Å². The molecule has 0 spiro atoms. The number of aromatic nitrogens is 4. The van der Waals surface area contributed by atoms with Gasteiger partial charge in [0, 0.05) is 25.4 Å². The predicted molar refractivity (Wildman–Crippen MR) is 69.5 cm³/mol. The number of hydrogen-bond acceptors (Lipinski definition) is 3. The SMILES string of the molecule is CCCn1ncc(Cl)c1C(O)c1cn(C)nc1C. The molecule has 1 N–H and O–H groups in total. The molecule has 2 heterocycles. The summed E-state index contributed by atoms with van der Waals surface area (Å²) >= 11 is 6.11. The van der Waals surface area contributed by atoms with Crippen LogP contribution in [-0.2, 0) is 13.6 Å². The molecule has 1 atom stereocenters. The molecule has 0 amide bonds. The number of halogens is 1. The summed E-state index contributed by atoms with van der Waals surface area (Å²) in [5.74, 6) is 0. The number of hydrogen-bond donors (Lipinski definition) is 1. The van der Waals surface area contributed by atoms with Gasteiger partial charge in [-0.2, -0.15) is 10.2 Å². The summed E-state index contributed by atoms with van der Waals surface area (Å²) < 4.78 is 3.43. The molecule has 0 saturated heterocycles. The highest BCUT2D eigenvalue weighted by Gasteiger charge is 2.22. The van der Waals surface area contributed by atoms with Gasteiger partial charge in [0.25, 0.3) is 0 Å². The van der Waals surface area contributed by atoms with E-state index in [-0.39, 0.29) is 0 Å². The smallest absolute Gasteiger partial charge is 0.125 e. The second kappa shape index (κ2) is 5.12. The summed E-state index contributed by atoms with van der Waals surface area (Å²) in [6, 6.07) is 0. The first-order chi connectivity index (χ1) is 8.54. The highest BCUT2D eigenvalue weighted by atomic mass is 35.5. The van der Waals surface area contributed by atoms with Crippen molar-refractivity contribution in [1.29, 1.82) is 0 Å². The van der Waals surface area contributed by atoms with E-state index in [1.807, 2.05) is 14.0 Å². The van der Waals surface area contributed by atoms with Gasteiger partial charge < -0.3 is 5.11 Å². The van der Waals surface area contributed by atoms with Crippen LogP contribution in [-0.4, -0.2) is 24.7 Å². The zero-order chi connectivity index (χ0) is 13.3. The van der Waals surface area contributed by atoms with Crippen LogP contribution in [0.5, 0.6) is 0 Å². The molecule has 0 saturated carbocycles. The van der Waals surface area contributed by atoms with E-state index in [1.165, 1.54) is 0 Å². The standard InChI is InChI=1S/C12H17ClN4O/c1-4-5-17-11(10(13)6-14-17)12(18)9-7-16(3)15-8(9)2/h6-7,12,18H,4-5H2,1-3H3. The lowest BCUT2D eigenvalue weighted by atomic mass is 10.1. The fourth-order valence-corrected chi connectivity index (χ4v) is 2.31. The minimum atomic E-state index is -0.791. The molecule has 0 aliphatic carbocycles. The summed E-state index contributed by atoms with van der Waals surface area (Å²) in [7, 11) is 1.83. The molecule has 0 radical (unpaired) electrons. The van der Waals surface area contributed by atoms with Crippen LogP contribution < -0.4 is 0 Å². The number of nitrogens with zero attached hydrogens (tertiary/aromatic N) is 4. The lowest BCUT2D eigenvalue weighted by Gasteiger charge is -2.13. The monoisotopic (exact) mass is 268 g/mol. The summed E-state index contributed by atoms with van der Waals surface area (Å²) in [5.41, 5.74) is 2.19. The Balaban J connectivity index is 2.42. The Morgan fingerprint density at radius 1 is 1.50 bits per heavy atom. The first kappa shape index (κ1) is 13.1. The molecule has 0 fully saturated rings. The Morgan fingerprint density at radius 3 is 2.78 bits per heavy atom. The van der Waals surface area contributed by atoms with Crippen molar-refractivity contribution in [2.24, 2.45) is 7.05 Å². The van der Waals surface area contributed by atoms with E-state index >= 15 is 0 Å². The van der Waals surface area contributed by atoms with Gasteiger partial charge >= 0.3 is 0 Å². The van der Waals surface area contributed by atoms with Crippen LogP contribution in [0, 0.1) is 6.92 Å². The number of aliphatic hydroxyl groups is 1. The van der Waals surface area contributed by atoms with Crippen LogP contribution in [0.3, 0.4) is 0 Å². The summed E-state index contributed by atoms with van der Waals surface area (Å²) in [6.07, 6.45) is 3.52. The summed E-state index contributed by atoms with van der Waals surface area (Å²) in [6.45, 7) is 4.66. The maximum Gasteiger partial charge on any atom is 0.125 e. The molecule has 0 aromatic carbocycles. The van der Waals surface area contributed by atoms with Gasteiger partial charge in [0.1, 0.15) is 6.10 Å². The maximum absolute atomic E-state index is 10.5. The van der Waals surface area contributed by atoms with E-state index in [4.69, 9.17) is 11.6 Å². The van der Waals surface area contributed by atoms with Crippen molar-refractivity contribution < 1.29 is 5.11 Å². The van der Waals surface area contributed by atoms with Crippen molar-refractivity contribution in [1.82, 2.24) is 19.6 Å². The van der Waals surface area contributed by atoms with E-state index in [2.05, 4.69) is 17.1 Å².